The van der Waals surface area contributed by atoms with Crippen LogP contribution in [0.5, 0.6) is 0 Å². The Labute approximate surface area is 228 Å². The standard InChI is InChI=1S/C30H34N8O/c1-35-18-28-11-27(35)19-37(28)30(39)20-6-8-26(9-7-20)38-17-25(15-34-38)23-12-31-29(32-13-23)22-5-3-4-21(10-22)24-14-33-36(2)16-24/h3-5,10,12-17,20,26-28H,6-9,11,18-19H2,1-2H3/t20-,26-,27?,28?. The lowest BCUT2D eigenvalue weighted by molar-refractivity contribution is -0.139. The number of nitrogens with zero attached hydrogens (tertiary/aromatic N) is 8. The van der Waals surface area contributed by atoms with Crippen LogP contribution in [-0.4, -0.2) is 77.5 Å². The molecule has 1 aromatic carbocycles. The van der Waals surface area contributed by atoms with Crippen molar-refractivity contribution >= 4 is 5.91 Å². The second-order valence-corrected chi connectivity index (χ2v) is 11.5. The summed E-state index contributed by atoms with van der Waals surface area (Å²) in [6.07, 6.45) is 16.6. The average Bonchev–Trinajstić information content (AvgIpc) is 3.78. The van der Waals surface area contributed by atoms with E-state index in [-0.39, 0.29) is 5.92 Å². The first-order valence-corrected chi connectivity index (χ1v) is 14.0. The fourth-order valence-corrected chi connectivity index (χ4v) is 6.68. The van der Waals surface area contributed by atoms with E-state index in [1.807, 2.05) is 50.2 Å². The number of piperazine rings is 1. The van der Waals surface area contributed by atoms with Crippen molar-refractivity contribution in [1.82, 2.24) is 39.3 Å². The number of amides is 1. The van der Waals surface area contributed by atoms with Crippen LogP contribution in [0.4, 0.5) is 0 Å². The fraction of sp³-hybridized carbons (Fsp3) is 0.433. The number of rotatable bonds is 5. The van der Waals surface area contributed by atoms with Crippen LogP contribution >= 0.6 is 0 Å². The Morgan fingerprint density at radius 1 is 0.769 bits per heavy atom. The van der Waals surface area contributed by atoms with Crippen LogP contribution in [0.2, 0.25) is 0 Å². The summed E-state index contributed by atoms with van der Waals surface area (Å²) in [6, 6.07) is 9.54. The van der Waals surface area contributed by atoms with Gasteiger partial charge < -0.3 is 4.90 Å². The normalized spacial score (nSPS) is 24.9. The Hall–Kier alpha value is -3.85. The average molecular weight is 523 g/mol. The lowest BCUT2D eigenvalue weighted by Gasteiger charge is -2.36. The molecule has 0 spiro atoms. The van der Waals surface area contributed by atoms with E-state index in [0.717, 1.165) is 73.0 Å². The number of benzene rings is 1. The number of carbonyl (C=O) groups excluding carboxylic acids is 1. The highest BCUT2D eigenvalue weighted by atomic mass is 16.2. The zero-order valence-corrected chi connectivity index (χ0v) is 22.5. The molecule has 2 unspecified atom stereocenters. The van der Waals surface area contributed by atoms with Gasteiger partial charge in [-0.15, -0.1) is 0 Å². The summed E-state index contributed by atoms with van der Waals surface area (Å²) < 4.78 is 3.88. The van der Waals surface area contributed by atoms with Crippen molar-refractivity contribution < 1.29 is 4.79 Å². The molecule has 2 atom stereocenters. The van der Waals surface area contributed by atoms with Gasteiger partial charge in [-0.25, -0.2) is 9.97 Å². The summed E-state index contributed by atoms with van der Waals surface area (Å²) in [5.74, 6) is 1.25. The third kappa shape index (κ3) is 4.54. The molecule has 9 nitrogen and oxygen atoms in total. The van der Waals surface area contributed by atoms with Gasteiger partial charge in [0.05, 0.1) is 18.4 Å². The number of carbonyl (C=O) groups is 1. The Morgan fingerprint density at radius 3 is 2.21 bits per heavy atom. The van der Waals surface area contributed by atoms with Crippen molar-refractivity contribution in [2.45, 2.75) is 50.2 Å². The molecule has 2 saturated heterocycles. The quantitative estimate of drug-likeness (QED) is 0.393. The van der Waals surface area contributed by atoms with E-state index in [0.29, 0.717) is 29.9 Å². The largest absolute Gasteiger partial charge is 0.337 e. The minimum Gasteiger partial charge on any atom is -0.337 e. The molecule has 4 aromatic rings. The zero-order valence-electron chi connectivity index (χ0n) is 22.5. The van der Waals surface area contributed by atoms with Gasteiger partial charge in [0.2, 0.25) is 5.91 Å². The second kappa shape index (κ2) is 9.72. The van der Waals surface area contributed by atoms with Gasteiger partial charge in [0.25, 0.3) is 0 Å². The van der Waals surface area contributed by atoms with E-state index in [1.165, 1.54) is 0 Å². The van der Waals surface area contributed by atoms with Crippen molar-refractivity contribution in [2.24, 2.45) is 13.0 Å². The molecule has 5 heterocycles. The molecule has 200 valence electrons. The van der Waals surface area contributed by atoms with Crippen LogP contribution in [0.3, 0.4) is 0 Å². The number of fused-ring (bicyclic) bond motifs is 2. The Kier molecular flexibility index (Phi) is 6.03. The van der Waals surface area contributed by atoms with Gasteiger partial charge in [-0.3, -0.25) is 19.1 Å². The molecule has 1 amide bonds. The molecule has 1 saturated carbocycles. The molecule has 9 heteroatoms. The SMILES string of the molecule is CN1CC2CC1CN2C(=O)[C@H]1CC[C@H](n2cc(-c3cnc(-c4cccc(-c5cnn(C)c5)c4)nc3)cn2)CC1. The van der Waals surface area contributed by atoms with Gasteiger partial charge in [-0.05, 0) is 50.8 Å². The molecule has 2 bridgehead atoms. The van der Waals surface area contributed by atoms with E-state index in [9.17, 15) is 4.79 Å². The van der Waals surface area contributed by atoms with Crippen LogP contribution in [0.25, 0.3) is 33.6 Å². The van der Waals surface area contributed by atoms with Crippen molar-refractivity contribution in [1.29, 1.82) is 0 Å². The van der Waals surface area contributed by atoms with E-state index < -0.39 is 0 Å². The summed E-state index contributed by atoms with van der Waals surface area (Å²) in [4.78, 5) is 27.1. The summed E-state index contributed by atoms with van der Waals surface area (Å²) >= 11 is 0. The maximum Gasteiger partial charge on any atom is 0.226 e. The van der Waals surface area contributed by atoms with Crippen molar-refractivity contribution in [3.8, 4) is 33.6 Å². The van der Waals surface area contributed by atoms with Crippen LogP contribution in [0, 0.1) is 5.92 Å². The Bertz CT molecular complexity index is 1480. The minimum atomic E-state index is 0.165. The molecule has 1 aliphatic carbocycles. The van der Waals surface area contributed by atoms with Crippen LogP contribution in [0.1, 0.15) is 38.1 Å². The molecular formula is C30H34N8O. The number of aryl methyl sites for hydroxylation is 1. The number of hydrogen-bond donors (Lipinski definition) is 0. The second-order valence-electron chi connectivity index (χ2n) is 11.5. The first-order valence-electron chi connectivity index (χ1n) is 14.0. The van der Waals surface area contributed by atoms with Crippen molar-refractivity contribution in [2.75, 3.05) is 20.1 Å². The maximum absolute atomic E-state index is 13.2. The van der Waals surface area contributed by atoms with Gasteiger partial charge in [0.1, 0.15) is 0 Å². The van der Waals surface area contributed by atoms with Gasteiger partial charge in [0.15, 0.2) is 5.82 Å². The monoisotopic (exact) mass is 522 g/mol. The van der Waals surface area contributed by atoms with Crippen molar-refractivity contribution in [3.05, 3.63) is 61.4 Å². The lowest BCUT2D eigenvalue weighted by Crippen LogP contribution is -2.49. The number of aromatic nitrogens is 6. The summed E-state index contributed by atoms with van der Waals surface area (Å²) in [7, 11) is 4.10. The smallest absolute Gasteiger partial charge is 0.226 e. The predicted octanol–water partition coefficient (Wildman–Crippen LogP) is 4.05. The molecule has 2 aliphatic heterocycles. The molecule has 39 heavy (non-hydrogen) atoms. The molecule has 3 aromatic heterocycles. The first-order chi connectivity index (χ1) is 19.0. The summed E-state index contributed by atoms with van der Waals surface area (Å²) in [5, 5.41) is 8.96. The highest BCUT2D eigenvalue weighted by Crippen LogP contribution is 2.37. The summed E-state index contributed by atoms with van der Waals surface area (Å²) in [5.41, 5.74) is 5.09. The Balaban J connectivity index is 0.988. The third-order valence-corrected chi connectivity index (χ3v) is 8.96. The molecule has 3 fully saturated rings. The van der Waals surface area contributed by atoms with E-state index in [2.05, 4.69) is 60.0 Å². The summed E-state index contributed by atoms with van der Waals surface area (Å²) in [6.45, 7) is 1.95. The third-order valence-electron chi connectivity index (χ3n) is 8.96. The number of likely N-dealkylation sites (N-methyl/N-ethyl adjacent to an activating group) is 1. The van der Waals surface area contributed by atoms with E-state index in [1.54, 1.807) is 4.68 Å². The zero-order chi connectivity index (χ0) is 26.5. The van der Waals surface area contributed by atoms with Crippen molar-refractivity contribution in [3.63, 3.8) is 0 Å². The predicted molar refractivity (Wildman–Crippen MR) is 148 cm³/mol. The highest BCUT2D eigenvalue weighted by Gasteiger charge is 2.45. The molecular weight excluding hydrogens is 488 g/mol. The molecule has 3 aliphatic rings. The minimum absolute atomic E-state index is 0.165. The van der Waals surface area contributed by atoms with Gasteiger partial charge in [-0.2, -0.15) is 10.2 Å². The van der Waals surface area contributed by atoms with Gasteiger partial charge >= 0.3 is 0 Å². The fourth-order valence-electron chi connectivity index (χ4n) is 6.68. The Morgan fingerprint density at radius 2 is 1.51 bits per heavy atom. The molecule has 7 rings (SSSR count). The van der Waals surface area contributed by atoms with Crippen LogP contribution < -0.4 is 0 Å². The number of likely N-dealkylation sites (tertiary alicyclic amines) is 2. The van der Waals surface area contributed by atoms with Gasteiger partial charge in [-0.1, -0.05) is 18.2 Å². The maximum atomic E-state index is 13.2. The van der Waals surface area contributed by atoms with E-state index in [4.69, 9.17) is 0 Å². The van der Waals surface area contributed by atoms with Gasteiger partial charge in [0, 0.05) is 85.2 Å². The number of hydrogen-bond acceptors (Lipinski definition) is 6. The topological polar surface area (TPSA) is 85.0 Å². The molecule has 0 radical (unpaired) electrons. The first kappa shape index (κ1) is 24.2. The van der Waals surface area contributed by atoms with Crippen LogP contribution in [0.15, 0.2) is 61.4 Å². The van der Waals surface area contributed by atoms with Crippen LogP contribution in [-0.2, 0) is 11.8 Å². The van der Waals surface area contributed by atoms with E-state index >= 15 is 0 Å². The molecule has 0 N–H and O–H groups in total. The highest BCUT2D eigenvalue weighted by molar-refractivity contribution is 5.80. The lowest BCUT2D eigenvalue weighted by atomic mass is 9.85.